The van der Waals surface area contributed by atoms with Gasteiger partial charge < -0.3 is 10.2 Å². The Kier molecular flexibility index (Phi) is 7.17. The van der Waals surface area contributed by atoms with E-state index in [0.717, 1.165) is 10.5 Å². The summed E-state index contributed by atoms with van der Waals surface area (Å²) in [5, 5.41) is 3.87. The zero-order valence-corrected chi connectivity index (χ0v) is 16.2. The van der Waals surface area contributed by atoms with Crippen molar-refractivity contribution in [3.63, 3.8) is 0 Å². The van der Waals surface area contributed by atoms with Crippen molar-refractivity contribution < 1.29 is 9.59 Å². The molecule has 0 radical (unpaired) electrons. The van der Waals surface area contributed by atoms with Crippen LogP contribution in [0.3, 0.4) is 0 Å². The van der Waals surface area contributed by atoms with E-state index in [1.807, 2.05) is 31.2 Å². The largest absolute Gasteiger partial charge is 0.336 e. The molecule has 0 aliphatic rings. The fourth-order valence-electron chi connectivity index (χ4n) is 1.98. The highest BCUT2D eigenvalue weighted by molar-refractivity contribution is 8.00. The standard InChI is InChI=1S/C18H18Cl2N2O2S/c1-12-3-6-14(7-4-12)21-17(23)10-22(2)18(24)11-25-16-9-13(19)5-8-15(16)20/h3-9H,10-11H2,1-2H3,(H,21,23). The van der Waals surface area contributed by atoms with Crippen molar-refractivity contribution in [1.82, 2.24) is 4.90 Å². The summed E-state index contributed by atoms with van der Waals surface area (Å²) in [5.74, 6) is -0.237. The first-order valence-corrected chi connectivity index (χ1v) is 9.27. The Morgan fingerprint density at radius 1 is 1.12 bits per heavy atom. The van der Waals surface area contributed by atoms with Crippen LogP contribution in [0.5, 0.6) is 0 Å². The normalized spacial score (nSPS) is 10.4. The van der Waals surface area contributed by atoms with Gasteiger partial charge in [0.25, 0.3) is 0 Å². The smallest absolute Gasteiger partial charge is 0.243 e. The van der Waals surface area contributed by atoms with E-state index in [1.54, 1.807) is 25.2 Å². The van der Waals surface area contributed by atoms with Gasteiger partial charge in [0, 0.05) is 22.7 Å². The van der Waals surface area contributed by atoms with Crippen molar-refractivity contribution in [2.75, 3.05) is 24.7 Å². The van der Waals surface area contributed by atoms with Gasteiger partial charge in [-0.25, -0.2) is 0 Å². The number of nitrogens with zero attached hydrogens (tertiary/aromatic N) is 1. The van der Waals surface area contributed by atoms with Gasteiger partial charge in [-0.1, -0.05) is 40.9 Å². The van der Waals surface area contributed by atoms with Gasteiger partial charge in [-0.3, -0.25) is 9.59 Å². The molecule has 0 atom stereocenters. The molecule has 0 spiro atoms. The first kappa shape index (κ1) is 19.6. The Bertz CT molecular complexity index is 766. The number of likely N-dealkylation sites (N-methyl/N-ethyl adjacent to an activating group) is 1. The molecule has 1 N–H and O–H groups in total. The van der Waals surface area contributed by atoms with Gasteiger partial charge in [-0.05, 0) is 37.3 Å². The molecule has 2 amide bonds. The second kappa shape index (κ2) is 9.13. The van der Waals surface area contributed by atoms with Crippen LogP contribution in [0.4, 0.5) is 5.69 Å². The molecule has 0 bridgehead atoms. The average molecular weight is 397 g/mol. The van der Waals surface area contributed by atoms with Gasteiger partial charge in [0.2, 0.25) is 11.8 Å². The fraction of sp³-hybridized carbons (Fsp3) is 0.222. The van der Waals surface area contributed by atoms with E-state index in [1.165, 1.54) is 16.7 Å². The van der Waals surface area contributed by atoms with Crippen LogP contribution >= 0.6 is 35.0 Å². The topological polar surface area (TPSA) is 49.4 Å². The maximum absolute atomic E-state index is 12.2. The highest BCUT2D eigenvalue weighted by Crippen LogP contribution is 2.29. The third-order valence-corrected chi connectivity index (χ3v) is 5.10. The minimum Gasteiger partial charge on any atom is -0.336 e. The third kappa shape index (κ3) is 6.27. The molecule has 0 fully saturated rings. The van der Waals surface area contributed by atoms with Crippen LogP contribution in [0, 0.1) is 6.92 Å². The Morgan fingerprint density at radius 2 is 1.80 bits per heavy atom. The molecule has 0 aliphatic heterocycles. The summed E-state index contributed by atoms with van der Waals surface area (Å²) in [6, 6.07) is 12.6. The Labute approximate surface area is 161 Å². The number of hydrogen-bond acceptors (Lipinski definition) is 3. The van der Waals surface area contributed by atoms with Crippen LogP contribution in [0.25, 0.3) is 0 Å². The van der Waals surface area contributed by atoms with Crippen LogP contribution in [0.1, 0.15) is 5.56 Å². The number of carbonyl (C=O) groups excluding carboxylic acids is 2. The van der Waals surface area contributed by atoms with Crippen molar-refractivity contribution in [1.29, 1.82) is 0 Å². The number of anilines is 1. The highest BCUT2D eigenvalue weighted by atomic mass is 35.5. The molecule has 2 rings (SSSR count). The van der Waals surface area contributed by atoms with E-state index in [0.29, 0.717) is 15.7 Å². The van der Waals surface area contributed by atoms with Crippen LogP contribution in [-0.4, -0.2) is 36.1 Å². The molecular formula is C18H18Cl2N2O2S. The van der Waals surface area contributed by atoms with E-state index >= 15 is 0 Å². The maximum Gasteiger partial charge on any atom is 0.243 e. The minimum atomic E-state index is -0.245. The zero-order valence-electron chi connectivity index (χ0n) is 13.9. The summed E-state index contributed by atoms with van der Waals surface area (Å²) in [6.07, 6.45) is 0. The van der Waals surface area contributed by atoms with Gasteiger partial charge >= 0.3 is 0 Å². The molecule has 25 heavy (non-hydrogen) atoms. The number of nitrogens with one attached hydrogen (secondary N) is 1. The number of thioether (sulfide) groups is 1. The first-order valence-electron chi connectivity index (χ1n) is 7.53. The summed E-state index contributed by atoms with van der Waals surface area (Å²) in [7, 11) is 1.59. The monoisotopic (exact) mass is 396 g/mol. The Balaban J connectivity index is 1.84. The molecule has 2 aromatic carbocycles. The summed E-state index contributed by atoms with van der Waals surface area (Å²) in [6.45, 7) is 1.96. The number of rotatable bonds is 6. The molecule has 0 aromatic heterocycles. The SMILES string of the molecule is Cc1ccc(NC(=O)CN(C)C(=O)CSc2cc(Cl)ccc2Cl)cc1. The van der Waals surface area contributed by atoms with E-state index in [9.17, 15) is 9.59 Å². The summed E-state index contributed by atoms with van der Waals surface area (Å²) >= 11 is 13.3. The third-order valence-electron chi connectivity index (χ3n) is 3.39. The lowest BCUT2D eigenvalue weighted by Crippen LogP contribution is -2.35. The van der Waals surface area contributed by atoms with Crippen molar-refractivity contribution in [2.45, 2.75) is 11.8 Å². The van der Waals surface area contributed by atoms with Crippen molar-refractivity contribution >= 4 is 52.5 Å². The number of benzene rings is 2. The molecule has 0 heterocycles. The second-order valence-corrected chi connectivity index (χ2v) is 7.39. The first-order chi connectivity index (χ1) is 11.8. The lowest BCUT2D eigenvalue weighted by molar-refractivity contribution is -0.131. The van der Waals surface area contributed by atoms with Gasteiger partial charge in [-0.2, -0.15) is 0 Å². The molecule has 0 saturated heterocycles. The zero-order chi connectivity index (χ0) is 18.4. The van der Waals surface area contributed by atoms with Gasteiger partial charge in [0.1, 0.15) is 0 Å². The van der Waals surface area contributed by atoms with Crippen LogP contribution in [0.15, 0.2) is 47.4 Å². The molecule has 132 valence electrons. The van der Waals surface area contributed by atoms with Crippen molar-refractivity contribution in [3.05, 3.63) is 58.1 Å². The summed E-state index contributed by atoms with van der Waals surface area (Å²) in [5.41, 5.74) is 1.82. The Morgan fingerprint density at radius 3 is 2.48 bits per heavy atom. The number of aryl methyl sites for hydroxylation is 1. The molecule has 0 aliphatic carbocycles. The molecule has 0 saturated carbocycles. The lowest BCUT2D eigenvalue weighted by Gasteiger charge is -2.17. The summed E-state index contributed by atoms with van der Waals surface area (Å²) < 4.78 is 0. The van der Waals surface area contributed by atoms with Crippen LogP contribution in [0.2, 0.25) is 10.0 Å². The van der Waals surface area contributed by atoms with Crippen LogP contribution < -0.4 is 5.32 Å². The second-order valence-electron chi connectivity index (χ2n) is 5.53. The molecule has 7 heteroatoms. The lowest BCUT2D eigenvalue weighted by atomic mass is 10.2. The number of hydrogen-bond donors (Lipinski definition) is 1. The highest BCUT2D eigenvalue weighted by Gasteiger charge is 2.14. The predicted octanol–water partition coefficient (Wildman–Crippen LogP) is 4.49. The minimum absolute atomic E-state index is 0.0173. The van der Waals surface area contributed by atoms with E-state index < -0.39 is 0 Å². The van der Waals surface area contributed by atoms with Crippen molar-refractivity contribution in [3.8, 4) is 0 Å². The molecule has 0 unspecified atom stereocenters. The molecule has 4 nitrogen and oxygen atoms in total. The van der Waals surface area contributed by atoms with Crippen molar-refractivity contribution in [2.24, 2.45) is 0 Å². The fourth-order valence-corrected chi connectivity index (χ4v) is 3.41. The molecule has 2 aromatic rings. The van der Waals surface area contributed by atoms with E-state index in [2.05, 4.69) is 5.32 Å². The van der Waals surface area contributed by atoms with Gasteiger partial charge in [-0.15, -0.1) is 11.8 Å². The predicted molar refractivity (Wildman–Crippen MR) is 105 cm³/mol. The van der Waals surface area contributed by atoms with Gasteiger partial charge in [0.05, 0.1) is 17.3 Å². The van der Waals surface area contributed by atoms with Crippen LogP contribution in [-0.2, 0) is 9.59 Å². The summed E-state index contributed by atoms with van der Waals surface area (Å²) in [4.78, 5) is 26.3. The van der Waals surface area contributed by atoms with Gasteiger partial charge in [0.15, 0.2) is 0 Å². The number of amides is 2. The average Bonchev–Trinajstić information content (AvgIpc) is 2.57. The number of carbonyl (C=O) groups is 2. The van der Waals surface area contributed by atoms with E-state index in [4.69, 9.17) is 23.2 Å². The number of halogens is 2. The Hall–Kier alpha value is -1.69. The molecular weight excluding hydrogens is 379 g/mol. The maximum atomic E-state index is 12.2. The quantitative estimate of drug-likeness (QED) is 0.731. The van der Waals surface area contributed by atoms with E-state index in [-0.39, 0.29) is 24.1 Å².